The summed E-state index contributed by atoms with van der Waals surface area (Å²) in [5.41, 5.74) is 0. The van der Waals surface area contributed by atoms with Gasteiger partial charge < -0.3 is 45.1 Å². The molecule has 11 nitrogen and oxygen atoms in total. The summed E-state index contributed by atoms with van der Waals surface area (Å²) in [6, 6.07) is -0.808. The Hall–Kier alpha value is -1.86. The van der Waals surface area contributed by atoms with E-state index in [2.05, 4.69) is 31.3 Å². The average molecular weight is 1250 g/mol. The summed E-state index contributed by atoms with van der Waals surface area (Å²) >= 11 is 0. The fraction of sp³-hybridized carbons (Fsp3) is 0.922. The van der Waals surface area contributed by atoms with Gasteiger partial charge in [0.05, 0.1) is 32.0 Å². The predicted octanol–water partition coefficient (Wildman–Crippen LogP) is 20.4. The number of esters is 1. The van der Waals surface area contributed by atoms with Gasteiger partial charge in [0.25, 0.3) is 0 Å². The average Bonchev–Trinajstić information content (AvgIpc) is 3.68. The smallest absolute Gasteiger partial charge is 0.305 e. The lowest BCUT2D eigenvalue weighted by atomic mass is 9.99. The molecule has 11 heteroatoms. The molecular formula is C77H147NO10. The van der Waals surface area contributed by atoms with E-state index in [1.165, 1.54) is 315 Å². The van der Waals surface area contributed by atoms with E-state index < -0.39 is 49.5 Å². The molecule has 6 N–H and O–H groups in total. The minimum absolute atomic E-state index is 0.0129. The first-order valence-electron chi connectivity index (χ1n) is 38.6. The lowest BCUT2D eigenvalue weighted by Gasteiger charge is -2.40. The van der Waals surface area contributed by atoms with Crippen molar-refractivity contribution >= 4 is 11.9 Å². The zero-order valence-corrected chi connectivity index (χ0v) is 58.0. The van der Waals surface area contributed by atoms with E-state index in [1.807, 2.05) is 6.08 Å². The summed E-state index contributed by atoms with van der Waals surface area (Å²) < 4.78 is 16.8. The maximum Gasteiger partial charge on any atom is 0.305 e. The Morgan fingerprint density at radius 1 is 0.409 bits per heavy atom. The van der Waals surface area contributed by atoms with Crippen LogP contribution in [0.4, 0.5) is 0 Å². The van der Waals surface area contributed by atoms with Gasteiger partial charge >= 0.3 is 5.97 Å². The van der Waals surface area contributed by atoms with Crippen molar-refractivity contribution in [3.63, 3.8) is 0 Å². The first kappa shape index (κ1) is 84.2. The van der Waals surface area contributed by atoms with E-state index in [0.717, 1.165) is 51.4 Å². The zero-order valence-electron chi connectivity index (χ0n) is 58.0. The van der Waals surface area contributed by atoms with Crippen molar-refractivity contribution in [3.8, 4) is 0 Å². The van der Waals surface area contributed by atoms with Crippen LogP contribution in [0.2, 0.25) is 0 Å². The van der Waals surface area contributed by atoms with Crippen molar-refractivity contribution < 1.29 is 49.3 Å². The first-order chi connectivity index (χ1) is 43.2. The van der Waals surface area contributed by atoms with Crippen molar-refractivity contribution in [2.75, 3.05) is 19.8 Å². The SMILES string of the molecule is CCCCCCCCCCCCCCC/C=C/C(O)C(COC1OC(CO)C(O)C(O)C1O)NC(=O)CCCCCCCCCCCCCCCCCCC/C=C\CCCCCCCCCCCCCCOC(=O)CCCCCCCCCCCCCC. The van der Waals surface area contributed by atoms with E-state index >= 15 is 0 Å². The molecule has 0 aliphatic carbocycles. The van der Waals surface area contributed by atoms with Gasteiger partial charge in [-0.1, -0.05) is 346 Å². The number of ether oxygens (including phenoxy) is 3. The molecule has 1 fully saturated rings. The third-order valence-corrected chi connectivity index (χ3v) is 18.6. The van der Waals surface area contributed by atoms with Crippen molar-refractivity contribution in [3.05, 3.63) is 24.3 Å². The second kappa shape index (κ2) is 66.6. The van der Waals surface area contributed by atoms with Crippen LogP contribution in [-0.4, -0.2) is 100 Å². The zero-order chi connectivity index (χ0) is 63.7. The number of hydrogen-bond donors (Lipinski definition) is 6. The number of amides is 1. The largest absolute Gasteiger partial charge is 0.466 e. The molecule has 1 aliphatic rings. The van der Waals surface area contributed by atoms with Gasteiger partial charge in [0.1, 0.15) is 24.4 Å². The molecule has 0 aromatic rings. The Kier molecular flexibility index (Phi) is 63.7. The second-order valence-corrected chi connectivity index (χ2v) is 27.1. The van der Waals surface area contributed by atoms with E-state index in [0.29, 0.717) is 19.4 Å². The van der Waals surface area contributed by atoms with Crippen LogP contribution in [-0.2, 0) is 23.8 Å². The van der Waals surface area contributed by atoms with Gasteiger partial charge in [-0.15, -0.1) is 0 Å². The molecule has 7 atom stereocenters. The van der Waals surface area contributed by atoms with Crippen LogP contribution in [0.15, 0.2) is 24.3 Å². The molecule has 0 saturated carbocycles. The molecule has 0 radical (unpaired) electrons. The van der Waals surface area contributed by atoms with Crippen molar-refractivity contribution in [1.82, 2.24) is 5.32 Å². The molecule has 1 aliphatic heterocycles. The number of rotatable bonds is 69. The highest BCUT2D eigenvalue weighted by atomic mass is 16.7. The minimum Gasteiger partial charge on any atom is -0.466 e. The van der Waals surface area contributed by atoms with Crippen molar-refractivity contribution in [2.24, 2.45) is 0 Å². The quantitative estimate of drug-likeness (QED) is 0.0195. The van der Waals surface area contributed by atoms with Gasteiger partial charge in [-0.2, -0.15) is 0 Å². The third-order valence-electron chi connectivity index (χ3n) is 18.6. The Morgan fingerprint density at radius 2 is 0.727 bits per heavy atom. The number of allylic oxidation sites excluding steroid dienone is 3. The van der Waals surface area contributed by atoms with Gasteiger partial charge in [0.2, 0.25) is 5.91 Å². The Morgan fingerprint density at radius 3 is 1.09 bits per heavy atom. The van der Waals surface area contributed by atoms with Gasteiger partial charge in [-0.25, -0.2) is 0 Å². The molecule has 1 amide bonds. The fourth-order valence-corrected chi connectivity index (χ4v) is 12.5. The van der Waals surface area contributed by atoms with Crippen LogP contribution >= 0.6 is 0 Å². The predicted molar refractivity (Wildman–Crippen MR) is 371 cm³/mol. The van der Waals surface area contributed by atoms with Crippen LogP contribution in [0.1, 0.15) is 393 Å². The topological polar surface area (TPSA) is 175 Å². The Labute approximate surface area is 543 Å². The molecule has 0 bridgehead atoms. The summed E-state index contributed by atoms with van der Waals surface area (Å²) in [5, 5.41) is 54.6. The van der Waals surface area contributed by atoms with E-state index in [4.69, 9.17) is 14.2 Å². The second-order valence-electron chi connectivity index (χ2n) is 27.1. The third kappa shape index (κ3) is 54.7. The monoisotopic (exact) mass is 1250 g/mol. The summed E-state index contributed by atoms with van der Waals surface area (Å²) in [7, 11) is 0. The highest BCUT2D eigenvalue weighted by molar-refractivity contribution is 5.76. The molecule has 0 aromatic heterocycles. The van der Waals surface area contributed by atoms with Gasteiger partial charge in [0.15, 0.2) is 6.29 Å². The van der Waals surface area contributed by atoms with E-state index in [-0.39, 0.29) is 18.5 Å². The number of carbonyl (C=O) groups excluding carboxylic acids is 2. The molecule has 520 valence electrons. The summed E-state index contributed by atoms with van der Waals surface area (Å²) in [5.74, 6) is -0.162. The normalized spacial score (nSPS) is 17.8. The molecule has 1 heterocycles. The molecule has 7 unspecified atom stereocenters. The lowest BCUT2D eigenvalue weighted by Crippen LogP contribution is -2.60. The maximum absolute atomic E-state index is 13.1. The van der Waals surface area contributed by atoms with Crippen LogP contribution < -0.4 is 5.32 Å². The highest BCUT2D eigenvalue weighted by Crippen LogP contribution is 2.24. The molecule has 1 saturated heterocycles. The van der Waals surface area contributed by atoms with Crippen LogP contribution in [0, 0.1) is 0 Å². The number of carbonyl (C=O) groups is 2. The van der Waals surface area contributed by atoms with Crippen molar-refractivity contribution in [1.29, 1.82) is 0 Å². The van der Waals surface area contributed by atoms with Gasteiger partial charge in [-0.05, 0) is 57.8 Å². The van der Waals surface area contributed by atoms with Gasteiger partial charge in [0, 0.05) is 12.8 Å². The lowest BCUT2D eigenvalue weighted by molar-refractivity contribution is -0.302. The first-order valence-corrected chi connectivity index (χ1v) is 38.6. The van der Waals surface area contributed by atoms with Gasteiger partial charge in [-0.3, -0.25) is 9.59 Å². The summed E-state index contributed by atoms with van der Waals surface area (Å²) in [6.07, 6.45) is 74.7. The Bertz CT molecular complexity index is 1510. The molecular weight excluding hydrogens is 1100 g/mol. The number of unbranched alkanes of at least 4 members (excludes halogenated alkanes) is 53. The fourth-order valence-electron chi connectivity index (χ4n) is 12.5. The minimum atomic E-state index is -1.57. The highest BCUT2D eigenvalue weighted by Gasteiger charge is 2.44. The number of nitrogens with one attached hydrogen (secondary N) is 1. The standard InChI is InChI=1S/C77H147NO10/c1-3-5-7-9-11-13-15-17-37-40-43-47-51-55-59-63-70(80)69(68-87-77-76(85)75(84)74(83)71(67-79)88-77)78-72(81)64-60-56-52-48-44-41-38-35-33-31-29-27-25-23-21-19-18-20-22-24-26-28-30-32-34-36-39-42-46-50-54-58-62-66-86-73(82)65-61-57-53-49-45-16-14-12-10-8-6-4-2/h22,24,59,63,69-71,74-77,79-80,83-85H,3-21,23,25-58,60-62,64-68H2,1-2H3,(H,78,81)/b24-22-,63-59+. The van der Waals surface area contributed by atoms with Crippen LogP contribution in [0.25, 0.3) is 0 Å². The molecule has 88 heavy (non-hydrogen) atoms. The van der Waals surface area contributed by atoms with Crippen LogP contribution in [0.5, 0.6) is 0 Å². The van der Waals surface area contributed by atoms with Crippen LogP contribution in [0.3, 0.4) is 0 Å². The maximum atomic E-state index is 13.1. The van der Waals surface area contributed by atoms with E-state index in [9.17, 15) is 35.1 Å². The molecule has 1 rings (SSSR count). The Balaban J connectivity index is 1.95. The summed E-state index contributed by atoms with van der Waals surface area (Å²) in [4.78, 5) is 25.2. The number of aliphatic hydroxyl groups excluding tert-OH is 5. The molecule has 0 aromatic carbocycles. The number of hydrogen-bond acceptors (Lipinski definition) is 10. The van der Waals surface area contributed by atoms with E-state index in [1.54, 1.807) is 6.08 Å². The number of aliphatic hydroxyl groups is 5. The summed E-state index contributed by atoms with van der Waals surface area (Å²) in [6.45, 7) is 4.40. The van der Waals surface area contributed by atoms with Crippen molar-refractivity contribution in [2.45, 2.75) is 436 Å². The molecule has 0 spiro atoms.